The monoisotopic (exact) mass is 214 g/mol. The third kappa shape index (κ3) is 3.80. The Morgan fingerprint density at radius 1 is 1.60 bits per heavy atom. The molecule has 1 saturated heterocycles. The third-order valence-corrected chi connectivity index (χ3v) is 3.25. The van der Waals surface area contributed by atoms with Gasteiger partial charge >= 0.3 is 5.97 Å². The lowest BCUT2D eigenvalue weighted by atomic mass is 9.88. The maximum atomic E-state index is 10.8. The van der Waals surface area contributed by atoms with E-state index in [1.54, 1.807) is 0 Å². The molecule has 4 heteroatoms. The maximum absolute atomic E-state index is 10.8. The molecule has 4 nitrogen and oxygen atoms in total. The maximum Gasteiger partial charge on any atom is 0.304 e. The quantitative estimate of drug-likeness (QED) is 0.749. The summed E-state index contributed by atoms with van der Waals surface area (Å²) >= 11 is 0. The second-order valence-corrected chi connectivity index (χ2v) is 4.79. The molecule has 0 aliphatic carbocycles. The van der Waals surface area contributed by atoms with E-state index in [4.69, 9.17) is 5.11 Å². The van der Waals surface area contributed by atoms with Crippen molar-refractivity contribution in [2.75, 3.05) is 34.2 Å². The fourth-order valence-electron chi connectivity index (χ4n) is 2.47. The average Bonchev–Trinajstić information content (AvgIpc) is 2.13. The van der Waals surface area contributed by atoms with E-state index in [0.29, 0.717) is 5.92 Å². The van der Waals surface area contributed by atoms with Crippen LogP contribution in [-0.2, 0) is 4.79 Å². The van der Waals surface area contributed by atoms with Gasteiger partial charge in [0, 0.05) is 12.6 Å². The molecule has 1 rings (SSSR count). The van der Waals surface area contributed by atoms with Gasteiger partial charge < -0.3 is 14.9 Å². The van der Waals surface area contributed by atoms with Gasteiger partial charge in [-0.1, -0.05) is 0 Å². The van der Waals surface area contributed by atoms with Crippen molar-refractivity contribution < 1.29 is 9.90 Å². The van der Waals surface area contributed by atoms with Crippen LogP contribution in [0.2, 0.25) is 0 Å². The van der Waals surface area contributed by atoms with Crippen LogP contribution in [0, 0.1) is 5.92 Å². The second kappa shape index (κ2) is 5.47. The summed E-state index contributed by atoms with van der Waals surface area (Å²) in [5.74, 6) is -0.197. The van der Waals surface area contributed by atoms with Gasteiger partial charge in [0.15, 0.2) is 0 Å². The molecule has 1 N–H and O–H groups in total. The number of aliphatic carboxylic acids is 1. The zero-order valence-electron chi connectivity index (χ0n) is 9.94. The van der Waals surface area contributed by atoms with Gasteiger partial charge in [0.2, 0.25) is 0 Å². The number of hydrogen-bond donors (Lipinski definition) is 1. The van der Waals surface area contributed by atoms with Crippen molar-refractivity contribution in [1.29, 1.82) is 0 Å². The Kier molecular flexibility index (Phi) is 4.54. The summed E-state index contributed by atoms with van der Waals surface area (Å²) in [5, 5.41) is 8.89. The number of likely N-dealkylation sites (tertiary alicyclic amines) is 1. The zero-order valence-corrected chi connectivity index (χ0v) is 9.94. The lowest BCUT2D eigenvalue weighted by Gasteiger charge is -2.37. The number of carboxylic acid groups (broad SMARTS) is 1. The molecule has 0 aromatic heterocycles. The van der Waals surface area contributed by atoms with Crippen LogP contribution in [0.1, 0.15) is 19.3 Å². The molecule has 0 bridgehead atoms. The number of carboxylic acids is 1. The van der Waals surface area contributed by atoms with E-state index in [9.17, 15) is 4.79 Å². The van der Waals surface area contributed by atoms with Gasteiger partial charge in [-0.15, -0.1) is 0 Å². The minimum Gasteiger partial charge on any atom is -0.481 e. The molecular weight excluding hydrogens is 192 g/mol. The van der Waals surface area contributed by atoms with E-state index in [1.807, 2.05) is 14.1 Å². The summed E-state index contributed by atoms with van der Waals surface area (Å²) in [5.41, 5.74) is 0. The highest BCUT2D eigenvalue weighted by atomic mass is 16.4. The van der Waals surface area contributed by atoms with Crippen molar-refractivity contribution in [1.82, 2.24) is 9.80 Å². The first kappa shape index (κ1) is 12.5. The minimum atomic E-state index is -0.693. The van der Waals surface area contributed by atoms with Gasteiger partial charge in [-0.05, 0) is 46.4 Å². The molecule has 2 atom stereocenters. The van der Waals surface area contributed by atoms with Crippen LogP contribution in [0.5, 0.6) is 0 Å². The third-order valence-electron chi connectivity index (χ3n) is 3.25. The lowest BCUT2D eigenvalue weighted by Crippen LogP contribution is -2.45. The van der Waals surface area contributed by atoms with E-state index >= 15 is 0 Å². The van der Waals surface area contributed by atoms with E-state index < -0.39 is 5.97 Å². The zero-order chi connectivity index (χ0) is 11.4. The number of nitrogens with zero attached hydrogens (tertiary/aromatic N) is 2. The van der Waals surface area contributed by atoms with Crippen LogP contribution >= 0.6 is 0 Å². The first-order chi connectivity index (χ1) is 7.00. The Morgan fingerprint density at radius 2 is 2.27 bits per heavy atom. The molecule has 0 amide bonds. The van der Waals surface area contributed by atoms with Gasteiger partial charge in [-0.25, -0.2) is 0 Å². The summed E-state index contributed by atoms with van der Waals surface area (Å²) in [7, 11) is 6.06. The number of carbonyl (C=O) groups is 1. The molecule has 1 heterocycles. The van der Waals surface area contributed by atoms with E-state index in [-0.39, 0.29) is 12.5 Å². The first-order valence-corrected chi connectivity index (χ1v) is 5.57. The Morgan fingerprint density at radius 3 is 2.73 bits per heavy atom. The van der Waals surface area contributed by atoms with E-state index in [2.05, 4.69) is 16.8 Å². The summed E-state index contributed by atoms with van der Waals surface area (Å²) < 4.78 is 0. The van der Waals surface area contributed by atoms with Crippen LogP contribution < -0.4 is 0 Å². The highest BCUT2D eigenvalue weighted by molar-refractivity contribution is 5.67. The highest BCUT2D eigenvalue weighted by Gasteiger charge is 2.28. The van der Waals surface area contributed by atoms with Crippen LogP contribution in [0.4, 0.5) is 0 Å². The summed E-state index contributed by atoms with van der Waals surface area (Å²) in [6.45, 7) is 2.17. The van der Waals surface area contributed by atoms with Crippen molar-refractivity contribution in [3.63, 3.8) is 0 Å². The normalized spacial score (nSPS) is 25.5. The van der Waals surface area contributed by atoms with E-state index in [0.717, 1.165) is 19.5 Å². The molecule has 1 fully saturated rings. The highest BCUT2D eigenvalue weighted by Crippen LogP contribution is 2.23. The summed E-state index contributed by atoms with van der Waals surface area (Å²) in [4.78, 5) is 15.1. The van der Waals surface area contributed by atoms with Crippen molar-refractivity contribution in [3.05, 3.63) is 0 Å². The number of piperidine rings is 1. The molecule has 0 radical (unpaired) electrons. The van der Waals surface area contributed by atoms with Gasteiger partial charge in [-0.2, -0.15) is 0 Å². The van der Waals surface area contributed by atoms with Crippen molar-refractivity contribution in [3.8, 4) is 0 Å². The largest absolute Gasteiger partial charge is 0.481 e. The fourth-order valence-corrected chi connectivity index (χ4v) is 2.47. The molecule has 1 aliphatic rings. The molecule has 0 aromatic carbocycles. The Labute approximate surface area is 91.9 Å². The van der Waals surface area contributed by atoms with Crippen LogP contribution in [0.3, 0.4) is 0 Å². The SMILES string of the molecule is CN1CCCC(C(CC(=O)O)N(C)C)C1. The van der Waals surface area contributed by atoms with Crippen LogP contribution in [-0.4, -0.2) is 61.2 Å². The molecule has 15 heavy (non-hydrogen) atoms. The molecule has 0 spiro atoms. The van der Waals surface area contributed by atoms with Crippen molar-refractivity contribution in [2.24, 2.45) is 5.92 Å². The molecular formula is C11H22N2O2. The molecule has 1 aliphatic heterocycles. The van der Waals surface area contributed by atoms with Crippen LogP contribution in [0.25, 0.3) is 0 Å². The Hall–Kier alpha value is -0.610. The summed E-state index contributed by atoms with van der Waals surface area (Å²) in [6, 6.07) is 0.172. The first-order valence-electron chi connectivity index (χ1n) is 5.57. The predicted molar refractivity (Wildman–Crippen MR) is 59.9 cm³/mol. The van der Waals surface area contributed by atoms with Gasteiger partial charge in [0.25, 0.3) is 0 Å². The fraction of sp³-hybridized carbons (Fsp3) is 0.909. The van der Waals surface area contributed by atoms with Crippen LogP contribution in [0.15, 0.2) is 0 Å². The predicted octanol–water partition coefficient (Wildman–Crippen LogP) is 0.733. The molecule has 0 saturated carbocycles. The van der Waals surface area contributed by atoms with E-state index in [1.165, 1.54) is 6.42 Å². The molecule has 2 unspecified atom stereocenters. The molecule has 88 valence electrons. The number of rotatable bonds is 4. The smallest absolute Gasteiger partial charge is 0.304 e. The Bertz CT molecular complexity index is 219. The second-order valence-electron chi connectivity index (χ2n) is 4.79. The Balaban J connectivity index is 2.57. The lowest BCUT2D eigenvalue weighted by molar-refractivity contribution is -0.138. The minimum absolute atomic E-state index is 0.172. The summed E-state index contributed by atoms with van der Waals surface area (Å²) in [6.07, 6.45) is 2.59. The van der Waals surface area contributed by atoms with Gasteiger partial charge in [0.1, 0.15) is 0 Å². The molecule has 0 aromatic rings. The average molecular weight is 214 g/mol. The standard InChI is InChI=1S/C11H22N2O2/c1-12(2)10(7-11(14)15)9-5-4-6-13(3)8-9/h9-10H,4-8H2,1-3H3,(H,14,15). The topological polar surface area (TPSA) is 43.8 Å². The van der Waals surface area contributed by atoms with Gasteiger partial charge in [0.05, 0.1) is 6.42 Å². The number of hydrogen-bond acceptors (Lipinski definition) is 3. The van der Waals surface area contributed by atoms with Crippen molar-refractivity contribution in [2.45, 2.75) is 25.3 Å². The van der Waals surface area contributed by atoms with Gasteiger partial charge in [-0.3, -0.25) is 4.79 Å². The van der Waals surface area contributed by atoms with Crippen molar-refractivity contribution >= 4 is 5.97 Å².